The molecule has 12 nitrogen and oxygen atoms in total. The van der Waals surface area contributed by atoms with Gasteiger partial charge >= 0.3 is 24.1 Å². The zero-order valence-electron chi connectivity index (χ0n) is 17.3. The Morgan fingerprint density at radius 2 is 0.900 bits per heavy atom. The Kier molecular flexibility index (Phi) is 10.9. The summed E-state index contributed by atoms with van der Waals surface area (Å²) in [4.78, 5) is 72.6. The van der Waals surface area contributed by atoms with Gasteiger partial charge in [-0.1, -0.05) is 52.4 Å². The molecule has 6 N–H and O–H groups in total. The molecule has 0 aromatic carbocycles. The highest BCUT2D eigenvalue weighted by Gasteiger charge is 2.27. The minimum absolute atomic E-state index is 0.215. The first-order chi connectivity index (χ1) is 14.3. The van der Waals surface area contributed by atoms with Crippen molar-refractivity contribution in [3.8, 4) is 0 Å². The van der Waals surface area contributed by atoms with Crippen LogP contribution in [0.3, 0.4) is 0 Å². The minimum atomic E-state index is -1.11. The van der Waals surface area contributed by atoms with E-state index in [0.717, 1.165) is 25.7 Å². The first kappa shape index (κ1) is 24.9. The highest BCUT2D eigenvalue weighted by Crippen LogP contribution is 2.05. The van der Waals surface area contributed by atoms with E-state index in [1.807, 2.05) is 35.1 Å². The molecular formula is C18H30N6O6. The van der Waals surface area contributed by atoms with E-state index in [1.165, 1.54) is 0 Å². The molecule has 1 rings (SSSR count). The molecule has 0 aromatic heterocycles. The third-order valence-electron chi connectivity index (χ3n) is 4.36. The largest absolute Gasteiger partial charge is 0.329 e. The van der Waals surface area contributed by atoms with E-state index in [4.69, 9.17) is 0 Å². The summed E-state index contributed by atoms with van der Waals surface area (Å²) < 4.78 is 0. The average molecular weight is 426 g/mol. The Bertz CT molecular complexity index is 612. The van der Waals surface area contributed by atoms with Crippen LogP contribution in [0, 0.1) is 0 Å². The molecule has 12 heteroatoms. The summed E-state index contributed by atoms with van der Waals surface area (Å²) in [6, 6.07) is -6.42. The van der Waals surface area contributed by atoms with Gasteiger partial charge in [-0.25, -0.2) is 19.2 Å². The molecule has 1 aliphatic rings. The van der Waals surface area contributed by atoms with Crippen LogP contribution in [0.25, 0.3) is 0 Å². The minimum Gasteiger partial charge on any atom is -0.326 e. The average Bonchev–Trinajstić information content (AvgIpc) is 2.65. The smallest absolute Gasteiger partial charge is 0.326 e. The van der Waals surface area contributed by atoms with Gasteiger partial charge in [0.1, 0.15) is 12.1 Å². The number of imide groups is 4. The molecule has 0 radical (unpaired) electrons. The zero-order chi connectivity index (χ0) is 22.5. The quantitative estimate of drug-likeness (QED) is 0.315. The Morgan fingerprint density at radius 1 is 0.533 bits per heavy atom. The van der Waals surface area contributed by atoms with Crippen molar-refractivity contribution in [1.82, 2.24) is 31.9 Å². The predicted molar refractivity (Wildman–Crippen MR) is 106 cm³/mol. The lowest BCUT2D eigenvalue weighted by atomic mass is 10.1. The summed E-state index contributed by atoms with van der Waals surface area (Å²) >= 11 is 0. The van der Waals surface area contributed by atoms with Crippen LogP contribution in [0.4, 0.5) is 19.2 Å². The molecule has 1 heterocycles. The maximum absolute atomic E-state index is 12.3. The molecule has 30 heavy (non-hydrogen) atoms. The van der Waals surface area contributed by atoms with Gasteiger partial charge in [0.2, 0.25) is 0 Å². The van der Waals surface area contributed by atoms with E-state index in [1.54, 1.807) is 0 Å². The van der Waals surface area contributed by atoms with Gasteiger partial charge in [-0.15, -0.1) is 0 Å². The summed E-state index contributed by atoms with van der Waals surface area (Å²) in [6.45, 7) is 3.91. The Balaban J connectivity index is 2.94. The number of carbonyl (C=O) groups excluding carboxylic acids is 6. The van der Waals surface area contributed by atoms with Crippen molar-refractivity contribution in [2.45, 2.75) is 77.3 Å². The van der Waals surface area contributed by atoms with Crippen molar-refractivity contribution >= 4 is 35.9 Å². The van der Waals surface area contributed by atoms with Crippen molar-refractivity contribution in [2.75, 3.05) is 0 Å². The second kappa shape index (κ2) is 13.1. The maximum Gasteiger partial charge on any atom is 0.329 e. The zero-order valence-corrected chi connectivity index (χ0v) is 17.3. The highest BCUT2D eigenvalue weighted by molar-refractivity contribution is 6.07. The lowest BCUT2D eigenvalue weighted by molar-refractivity contribution is -0.123. The van der Waals surface area contributed by atoms with Crippen LogP contribution in [-0.2, 0) is 9.59 Å². The van der Waals surface area contributed by atoms with Gasteiger partial charge in [0.05, 0.1) is 0 Å². The van der Waals surface area contributed by atoms with E-state index in [0.29, 0.717) is 12.8 Å². The molecule has 168 valence electrons. The highest BCUT2D eigenvalue weighted by atomic mass is 16.2. The number of hydrogen-bond donors (Lipinski definition) is 6. The van der Waals surface area contributed by atoms with Gasteiger partial charge in [-0.2, -0.15) is 0 Å². The van der Waals surface area contributed by atoms with Crippen molar-refractivity contribution in [1.29, 1.82) is 0 Å². The summed E-state index contributed by atoms with van der Waals surface area (Å²) in [5.41, 5.74) is 0. The lowest BCUT2D eigenvalue weighted by Gasteiger charge is -2.21. The molecule has 0 spiro atoms. The second-order valence-electron chi connectivity index (χ2n) is 6.93. The number of rotatable bonds is 8. The predicted octanol–water partition coefficient (Wildman–Crippen LogP) is 0.969. The number of nitrogens with one attached hydrogen (secondary N) is 6. The number of carbonyl (C=O) groups is 6. The summed E-state index contributed by atoms with van der Waals surface area (Å²) in [7, 11) is 0. The Hall–Kier alpha value is -3.18. The third-order valence-corrected chi connectivity index (χ3v) is 4.36. The SMILES string of the molecule is CCCCCC1NC(=O)NC(=O)NC(=O)C(CCCCC)NC(=O)NC(=O)NC1=O. The maximum atomic E-state index is 12.3. The molecule has 1 saturated heterocycles. The van der Waals surface area contributed by atoms with E-state index in [-0.39, 0.29) is 12.8 Å². The number of amides is 10. The van der Waals surface area contributed by atoms with Crippen LogP contribution in [0.2, 0.25) is 0 Å². The molecule has 0 aromatic rings. The number of hydrogen-bond acceptors (Lipinski definition) is 6. The molecule has 2 atom stereocenters. The number of unbranched alkanes of at least 4 members (excludes halogenated alkanes) is 4. The first-order valence-corrected chi connectivity index (χ1v) is 10.1. The molecule has 1 aliphatic heterocycles. The molecule has 0 aliphatic carbocycles. The van der Waals surface area contributed by atoms with Crippen molar-refractivity contribution < 1.29 is 28.8 Å². The fourth-order valence-electron chi connectivity index (χ4n) is 2.79. The molecule has 10 amide bonds. The standard InChI is InChI=1S/C18H30N6O6/c1-3-5-7-9-11-13(25)21-17(29)24-16(28)20-12(10-8-6-4-2)14(26)22-18(30)23-15(27)19-11/h11-12H,3-10H2,1-2H3,(H3,19,22,23,26,27,30)(H3,20,21,24,25,28,29). The number of urea groups is 4. The molecule has 1 fully saturated rings. The second-order valence-corrected chi connectivity index (χ2v) is 6.93. The fraction of sp³-hybridized carbons (Fsp3) is 0.667. The van der Waals surface area contributed by atoms with E-state index in [2.05, 4.69) is 10.6 Å². The van der Waals surface area contributed by atoms with Crippen molar-refractivity contribution in [3.63, 3.8) is 0 Å². The first-order valence-electron chi connectivity index (χ1n) is 10.1. The van der Waals surface area contributed by atoms with E-state index < -0.39 is 48.0 Å². The van der Waals surface area contributed by atoms with Gasteiger partial charge in [-0.3, -0.25) is 30.9 Å². The fourth-order valence-corrected chi connectivity index (χ4v) is 2.79. The Labute approximate surface area is 174 Å². The normalized spacial score (nSPS) is 21.4. The molecule has 0 saturated carbocycles. The molecular weight excluding hydrogens is 396 g/mol. The van der Waals surface area contributed by atoms with Crippen LogP contribution in [0.15, 0.2) is 0 Å². The summed E-state index contributed by atoms with van der Waals surface area (Å²) in [5, 5.41) is 12.3. The van der Waals surface area contributed by atoms with E-state index in [9.17, 15) is 28.8 Å². The topological polar surface area (TPSA) is 175 Å². The van der Waals surface area contributed by atoms with Crippen LogP contribution in [0.5, 0.6) is 0 Å². The van der Waals surface area contributed by atoms with Crippen LogP contribution < -0.4 is 31.9 Å². The molecule has 0 bridgehead atoms. The van der Waals surface area contributed by atoms with Gasteiger partial charge in [0.25, 0.3) is 11.8 Å². The van der Waals surface area contributed by atoms with Gasteiger partial charge in [-0.05, 0) is 12.8 Å². The monoisotopic (exact) mass is 426 g/mol. The van der Waals surface area contributed by atoms with Crippen LogP contribution in [-0.4, -0.2) is 48.0 Å². The van der Waals surface area contributed by atoms with Gasteiger partial charge in [0, 0.05) is 0 Å². The third kappa shape index (κ3) is 9.34. The lowest BCUT2D eigenvalue weighted by Crippen LogP contribution is -2.59. The van der Waals surface area contributed by atoms with Gasteiger partial charge in [0.15, 0.2) is 0 Å². The van der Waals surface area contributed by atoms with Crippen molar-refractivity contribution in [3.05, 3.63) is 0 Å². The summed E-state index contributed by atoms with van der Waals surface area (Å²) in [6.07, 6.45) is 4.91. The van der Waals surface area contributed by atoms with Crippen molar-refractivity contribution in [2.24, 2.45) is 0 Å². The van der Waals surface area contributed by atoms with Crippen LogP contribution in [0.1, 0.15) is 65.2 Å². The molecule has 2 unspecified atom stereocenters. The van der Waals surface area contributed by atoms with E-state index >= 15 is 0 Å². The van der Waals surface area contributed by atoms with Gasteiger partial charge < -0.3 is 10.6 Å². The summed E-state index contributed by atoms with van der Waals surface area (Å²) in [5.74, 6) is -1.67. The Morgan fingerprint density at radius 3 is 1.23 bits per heavy atom. The van der Waals surface area contributed by atoms with Crippen LogP contribution >= 0.6 is 0 Å².